The van der Waals surface area contributed by atoms with Crippen molar-refractivity contribution in [2.45, 2.75) is 38.2 Å². The average molecular weight is 350 g/mol. The predicted molar refractivity (Wildman–Crippen MR) is 98.7 cm³/mol. The standard InChI is InChI=1S/C21H22N2O3/c24-17(10-6-9-16-7-2-1-3-8-16)12-13-19(25)21-23-15-20(26-21)18-11-4-5-14-22-18/h1-5,7-8,11,14-15,17,24H,6,9-10,12-13H2. The van der Waals surface area contributed by atoms with Crippen LogP contribution in [0.15, 0.2) is 65.3 Å². The van der Waals surface area contributed by atoms with E-state index in [4.69, 9.17) is 4.42 Å². The van der Waals surface area contributed by atoms with Crippen molar-refractivity contribution in [2.24, 2.45) is 0 Å². The van der Waals surface area contributed by atoms with Crippen LogP contribution in [0.1, 0.15) is 41.9 Å². The van der Waals surface area contributed by atoms with Crippen molar-refractivity contribution in [3.63, 3.8) is 0 Å². The van der Waals surface area contributed by atoms with E-state index in [0.717, 1.165) is 12.8 Å². The summed E-state index contributed by atoms with van der Waals surface area (Å²) in [6.45, 7) is 0. The van der Waals surface area contributed by atoms with Crippen LogP contribution in [-0.2, 0) is 6.42 Å². The first-order chi connectivity index (χ1) is 12.7. The van der Waals surface area contributed by atoms with E-state index in [0.29, 0.717) is 24.3 Å². The summed E-state index contributed by atoms with van der Waals surface area (Å²) in [4.78, 5) is 20.4. The van der Waals surface area contributed by atoms with Gasteiger partial charge < -0.3 is 9.52 Å². The molecular formula is C21H22N2O3. The third-order valence-corrected chi connectivity index (χ3v) is 4.21. The fraction of sp³-hybridized carbons (Fsp3) is 0.286. The third-order valence-electron chi connectivity index (χ3n) is 4.21. The lowest BCUT2D eigenvalue weighted by molar-refractivity contribution is 0.0900. The van der Waals surface area contributed by atoms with Gasteiger partial charge in [0.1, 0.15) is 5.69 Å². The van der Waals surface area contributed by atoms with Crippen LogP contribution in [0, 0.1) is 0 Å². The zero-order valence-corrected chi connectivity index (χ0v) is 14.5. The molecule has 1 atom stereocenters. The molecule has 3 aromatic rings. The summed E-state index contributed by atoms with van der Waals surface area (Å²) < 4.78 is 5.50. The van der Waals surface area contributed by atoms with E-state index >= 15 is 0 Å². The van der Waals surface area contributed by atoms with Crippen LogP contribution in [-0.4, -0.2) is 27.0 Å². The molecule has 1 unspecified atom stereocenters. The van der Waals surface area contributed by atoms with Crippen LogP contribution in [0.2, 0.25) is 0 Å². The fourth-order valence-electron chi connectivity index (χ4n) is 2.77. The number of nitrogens with zero attached hydrogens (tertiary/aromatic N) is 2. The normalized spacial score (nSPS) is 12.0. The second-order valence-electron chi connectivity index (χ2n) is 6.24. The molecule has 2 aromatic heterocycles. The second kappa shape index (κ2) is 9.06. The number of hydrogen-bond acceptors (Lipinski definition) is 5. The summed E-state index contributed by atoms with van der Waals surface area (Å²) in [6.07, 6.45) is 5.79. The highest BCUT2D eigenvalue weighted by Crippen LogP contribution is 2.19. The van der Waals surface area contributed by atoms with Crippen LogP contribution in [0.5, 0.6) is 0 Å². The Labute approximate surface area is 152 Å². The molecule has 0 spiro atoms. The number of ketones is 1. The molecule has 1 N–H and O–H groups in total. The molecule has 5 nitrogen and oxygen atoms in total. The maximum absolute atomic E-state index is 12.2. The average Bonchev–Trinajstić information content (AvgIpc) is 3.18. The number of aromatic nitrogens is 2. The Balaban J connectivity index is 1.43. The highest BCUT2D eigenvalue weighted by atomic mass is 16.4. The number of rotatable bonds is 9. The number of oxazole rings is 1. The first kappa shape index (κ1) is 18.0. The van der Waals surface area contributed by atoms with Crippen molar-refractivity contribution >= 4 is 5.78 Å². The summed E-state index contributed by atoms with van der Waals surface area (Å²) in [6, 6.07) is 15.6. The van der Waals surface area contributed by atoms with Crippen molar-refractivity contribution in [2.75, 3.05) is 0 Å². The Morgan fingerprint density at radius 1 is 1.04 bits per heavy atom. The van der Waals surface area contributed by atoms with Crippen LogP contribution < -0.4 is 0 Å². The van der Waals surface area contributed by atoms with Gasteiger partial charge in [-0.1, -0.05) is 36.4 Å². The Bertz CT molecular complexity index is 816. The molecule has 1 aromatic carbocycles. The van der Waals surface area contributed by atoms with Gasteiger partial charge in [0.15, 0.2) is 5.76 Å². The van der Waals surface area contributed by atoms with E-state index in [1.807, 2.05) is 30.3 Å². The first-order valence-corrected chi connectivity index (χ1v) is 8.85. The zero-order chi connectivity index (χ0) is 18.2. The van der Waals surface area contributed by atoms with Crippen molar-refractivity contribution < 1.29 is 14.3 Å². The molecule has 0 amide bonds. The van der Waals surface area contributed by atoms with Crippen LogP contribution >= 0.6 is 0 Å². The Hall–Kier alpha value is -2.79. The monoisotopic (exact) mass is 350 g/mol. The molecule has 0 saturated heterocycles. The predicted octanol–water partition coefficient (Wildman–Crippen LogP) is 4.08. The molecule has 134 valence electrons. The molecule has 0 fully saturated rings. The van der Waals surface area contributed by atoms with Gasteiger partial charge in [-0.25, -0.2) is 4.98 Å². The second-order valence-corrected chi connectivity index (χ2v) is 6.24. The van der Waals surface area contributed by atoms with Crippen LogP contribution in [0.4, 0.5) is 0 Å². The van der Waals surface area contributed by atoms with Gasteiger partial charge in [0.2, 0.25) is 5.78 Å². The van der Waals surface area contributed by atoms with Gasteiger partial charge in [0.05, 0.1) is 12.3 Å². The minimum Gasteiger partial charge on any atom is -0.432 e. The Morgan fingerprint density at radius 2 is 1.85 bits per heavy atom. The van der Waals surface area contributed by atoms with Gasteiger partial charge in [-0.3, -0.25) is 9.78 Å². The molecule has 0 saturated carbocycles. The van der Waals surface area contributed by atoms with Gasteiger partial charge in [-0.15, -0.1) is 0 Å². The summed E-state index contributed by atoms with van der Waals surface area (Å²) >= 11 is 0. The topological polar surface area (TPSA) is 76.2 Å². The fourth-order valence-corrected chi connectivity index (χ4v) is 2.77. The number of benzene rings is 1. The molecule has 26 heavy (non-hydrogen) atoms. The number of Topliss-reactive ketones (excluding diaryl/α,β-unsaturated/α-hetero) is 1. The highest BCUT2D eigenvalue weighted by Gasteiger charge is 2.16. The van der Waals surface area contributed by atoms with E-state index in [1.54, 1.807) is 12.3 Å². The SMILES string of the molecule is O=C(CCC(O)CCCc1ccccc1)c1ncc(-c2ccccn2)o1. The third kappa shape index (κ3) is 5.10. The molecule has 0 radical (unpaired) electrons. The minimum atomic E-state index is -0.493. The smallest absolute Gasteiger partial charge is 0.263 e. The first-order valence-electron chi connectivity index (χ1n) is 8.85. The van der Waals surface area contributed by atoms with Crippen LogP contribution in [0.3, 0.4) is 0 Å². The van der Waals surface area contributed by atoms with Crippen molar-refractivity contribution in [3.8, 4) is 11.5 Å². The van der Waals surface area contributed by atoms with Gasteiger partial charge >= 0.3 is 0 Å². The zero-order valence-electron chi connectivity index (χ0n) is 14.5. The highest BCUT2D eigenvalue weighted by molar-refractivity contribution is 5.91. The lowest BCUT2D eigenvalue weighted by Gasteiger charge is -2.09. The van der Waals surface area contributed by atoms with Crippen molar-refractivity contribution in [3.05, 3.63) is 72.4 Å². The van der Waals surface area contributed by atoms with E-state index in [9.17, 15) is 9.90 Å². The number of pyridine rings is 1. The van der Waals surface area contributed by atoms with E-state index < -0.39 is 6.10 Å². The molecule has 0 bridgehead atoms. The Morgan fingerprint density at radius 3 is 2.62 bits per heavy atom. The number of aryl methyl sites for hydroxylation is 1. The number of carbonyl (C=O) groups is 1. The largest absolute Gasteiger partial charge is 0.432 e. The summed E-state index contributed by atoms with van der Waals surface area (Å²) in [5.74, 6) is 0.341. The van der Waals surface area contributed by atoms with Crippen LogP contribution in [0.25, 0.3) is 11.5 Å². The Kier molecular flexibility index (Phi) is 6.28. The van der Waals surface area contributed by atoms with Crippen molar-refractivity contribution in [1.82, 2.24) is 9.97 Å². The van der Waals surface area contributed by atoms with E-state index in [2.05, 4.69) is 22.1 Å². The summed E-state index contributed by atoms with van der Waals surface area (Å²) in [7, 11) is 0. The lowest BCUT2D eigenvalue weighted by Crippen LogP contribution is -2.10. The molecule has 5 heteroatoms. The van der Waals surface area contributed by atoms with E-state index in [1.165, 1.54) is 11.8 Å². The number of carbonyl (C=O) groups excluding carboxylic acids is 1. The number of hydrogen-bond donors (Lipinski definition) is 1. The molecule has 0 aliphatic rings. The molecular weight excluding hydrogens is 328 g/mol. The maximum Gasteiger partial charge on any atom is 0.263 e. The van der Waals surface area contributed by atoms with Gasteiger partial charge in [0, 0.05) is 12.6 Å². The summed E-state index contributed by atoms with van der Waals surface area (Å²) in [5, 5.41) is 10.1. The molecule has 3 rings (SSSR count). The quantitative estimate of drug-likeness (QED) is 0.588. The van der Waals surface area contributed by atoms with Crippen molar-refractivity contribution in [1.29, 1.82) is 0 Å². The number of aliphatic hydroxyl groups is 1. The maximum atomic E-state index is 12.2. The van der Waals surface area contributed by atoms with Gasteiger partial charge in [-0.05, 0) is 43.4 Å². The van der Waals surface area contributed by atoms with Gasteiger partial charge in [0.25, 0.3) is 5.89 Å². The van der Waals surface area contributed by atoms with Gasteiger partial charge in [-0.2, -0.15) is 0 Å². The molecule has 0 aliphatic carbocycles. The summed E-state index contributed by atoms with van der Waals surface area (Å²) in [5.41, 5.74) is 1.90. The molecule has 2 heterocycles. The number of aliphatic hydroxyl groups excluding tert-OH is 1. The molecule has 0 aliphatic heterocycles. The van der Waals surface area contributed by atoms with E-state index in [-0.39, 0.29) is 18.1 Å². The minimum absolute atomic E-state index is 0.0714. The lowest BCUT2D eigenvalue weighted by atomic mass is 10.0.